The molecule has 0 aromatic carbocycles. The number of allylic oxidation sites excluding steroid dienone is 1. The number of hydrogen-bond acceptors (Lipinski definition) is 6. The van der Waals surface area contributed by atoms with Crippen LogP contribution in [0.3, 0.4) is 0 Å². The number of carbonyl (C=O) groups excluding carboxylic acids is 1. The third-order valence-corrected chi connectivity index (χ3v) is 3.82. The summed E-state index contributed by atoms with van der Waals surface area (Å²) in [5, 5.41) is 11.1. The van der Waals surface area contributed by atoms with Crippen LogP contribution in [-0.4, -0.2) is 12.6 Å². The molecular formula is C12H8N2O3S. The van der Waals surface area contributed by atoms with E-state index in [1.54, 1.807) is 0 Å². The molecule has 6 heteroatoms. The highest BCUT2D eigenvalue weighted by Crippen LogP contribution is 2.43. The third kappa shape index (κ3) is 1.41. The fourth-order valence-corrected chi connectivity index (χ4v) is 2.94. The van der Waals surface area contributed by atoms with Crippen molar-refractivity contribution in [3.8, 4) is 6.07 Å². The minimum absolute atomic E-state index is 0.0490. The Morgan fingerprint density at radius 3 is 3.06 bits per heavy atom. The van der Waals surface area contributed by atoms with Gasteiger partial charge in [0, 0.05) is 4.88 Å². The first-order chi connectivity index (χ1) is 8.72. The first-order valence-electron chi connectivity index (χ1n) is 5.23. The molecule has 0 saturated carbocycles. The van der Waals surface area contributed by atoms with Crippen LogP contribution >= 0.6 is 11.3 Å². The first-order valence-corrected chi connectivity index (χ1v) is 6.11. The summed E-state index contributed by atoms with van der Waals surface area (Å²) in [6.45, 7) is 0.0788. The van der Waals surface area contributed by atoms with Crippen molar-refractivity contribution in [3.63, 3.8) is 0 Å². The summed E-state index contributed by atoms with van der Waals surface area (Å²) in [5.74, 6) is -0.444. The Hall–Kier alpha value is -2.26. The van der Waals surface area contributed by atoms with E-state index in [-0.39, 0.29) is 18.1 Å². The molecule has 1 aromatic heterocycles. The summed E-state index contributed by atoms with van der Waals surface area (Å²) < 4.78 is 10.2. The average Bonchev–Trinajstić information content (AvgIpc) is 2.98. The lowest BCUT2D eigenvalue weighted by molar-refractivity contribution is -0.136. The van der Waals surface area contributed by atoms with Gasteiger partial charge in [-0.25, -0.2) is 4.79 Å². The zero-order valence-corrected chi connectivity index (χ0v) is 9.99. The molecule has 0 radical (unpaired) electrons. The summed E-state index contributed by atoms with van der Waals surface area (Å²) >= 11 is 1.46. The largest absolute Gasteiger partial charge is 0.454 e. The van der Waals surface area contributed by atoms with Crippen LogP contribution in [0.4, 0.5) is 0 Å². The normalized spacial score (nSPS) is 22.4. The second-order valence-electron chi connectivity index (χ2n) is 3.85. The highest BCUT2D eigenvalue weighted by atomic mass is 32.1. The van der Waals surface area contributed by atoms with Gasteiger partial charge in [-0.1, -0.05) is 6.07 Å². The molecule has 0 aliphatic carbocycles. The number of nitriles is 1. The average molecular weight is 260 g/mol. The Morgan fingerprint density at radius 1 is 1.56 bits per heavy atom. The molecule has 2 aliphatic rings. The van der Waals surface area contributed by atoms with Crippen molar-refractivity contribution >= 4 is 17.3 Å². The molecule has 2 aliphatic heterocycles. The van der Waals surface area contributed by atoms with Crippen LogP contribution in [-0.2, 0) is 14.3 Å². The van der Waals surface area contributed by atoms with Gasteiger partial charge in [-0.3, -0.25) is 0 Å². The van der Waals surface area contributed by atoms with Crippen molar-refractivity contribution in [3.05, 3.63) is 45.2 Å². The molecule has 1 unspecified atom stereocenters. The van der Waals surface area contributed by atoms with Crippen molar-refractivity contribution in [2.45, 2.75) is 5.92 Å². The Kier molecular flexibility index (Phi) is 2.35. The van der Waals surface area contributed by atoms with Crippen LogP contribution in [0.5, 0.6) is 0 Å². The number of carbonyl (C=O) groups is 1. The number of rotatable bonds is 1. The van der Waals surface area contributed by atoms with E-state index in [2.05, 4.69) is 0 Å². The number of ether oxygens (including phenoxy) is 2. The number of hydrogen-bond donors (Lipinski definition) is 1. The molecule has 0 spiro atoms. The van der Waals surface area contributed by atoms with E-state index in [1.165, 1.54) is 11.3 Å². The van der Waals surface area contributed by atoms with Crippen molar-refractivity contribution in [1.29, 1.82) is 5.26 Å². The van der Waals surface area contributed by atoms with E-state index in [9.17, 15) is 10.1 Å². The van der Waals surface area contributed by atoms with Crippen molar-refractivity contribution in [2.75, 3.05) is 6.61 Å². The monoisotopic (exact) mass is 260 g/mol. The van der Waals surface area contributed by atoms with Gasteiger partial charge in [0.05, 0.1) is 11.5 Å². The van der Waals surface area contributed by atoms with E-state index >= 15 is 0 Å². The van der Waals surface area contributed by atoms with Gasteiger partial charge in [0.2, 0.25) is 5.88 Å². The topological polar surface area (TPSA) is 85.3 Å². The zero-order chi connectivity index (χ0) is 12.7. The lowest BCUT2D eigenvalue weighted by Crippen LogP contribution is -2.21. The molecule has 90 valence electrons. The molecule has 3 rings (SSSR count). The van der Waals surface area contributed by atoms with Gasteiger partial charge < -0.3 is 15.2 Å². The first kappa shape index (κ1) is 10.9. The van der Waals surface area contributed by atoms with Gasteiger partial charge in [-0.15, -0.1) is 11.3 Å². The Labute approximate surface area is 107 Å². The summed E-state index contributed by atoms with van der Waals surface area (Å²) in [6, 6.07) is 5.74. The predicted octanol–water partition coefficient (Wildman–Crippen LogP) is 1.37. The quantitative estimate of drug-likeness (QED) is 0.771. The molecule has 2 N–H and O–H groups in total. The molecular weight excluding hydrogens is 252 g/mol. The maximum Gasteiger partial charge on any atom is 0.339 e. The molecule has 0 bridgehead atoms. The summed E-state index contributed by atoms with van der Waals surface area (Å²) in [5.41, 5.74) is 6.38. The minimum atomic E-state index is -0.464. The van der Waals surface area contributed by atoms with Crippen molar-refractivity contribution in [2.24, 2.45) is 5.73 Å². The van der Waals surface area contributed by atoms with Crippen LogP contribution in [0.25, 0.3) is 0 Å². The maximum absolute atomic E-state index is 11.8. The Morgan fingerprint density at radius 2 is 2.39 bits per heavy atom. The van der Waals surface area contributed by atoms with Crippen LogP contribution in [0.2, 0.25) is 0 Å². The van der Waals surface area contributed by atoms with Gasteiger partial charge in [0.25, 0.3) is 0 Å². The van der Waals surface area contributed by atoms with E-state index in [0.717, 1.165) is 4.88 Å². The van der Waals surface area contributed by atoms with Gasteiger partial charge >= 0.3 is 5.97 Å². The molecule has 0 fully saturated rings. The molecule has 0 saturated heterocycles. The SMILES string of the molecule is N#CC1=C(N)OC2=C(C(=O)OC2)C1c1cccs1. The minimum Gasteiger partial charge on any atom is -0.454 e. The third-order valence-electron chi connectivity index (χ3n) is 2.88. The molecule has 5 nitrogen and oxygen atoms in total. The molecule has 1 aromatic rings. The lowest BCUT2D eigenvalue weighted by atomic mass is 9.88. The second-order valence-corrected chi connectivity index (χ2v) is 4.83. The van der Waals surface area contributed by atoms with Crippen molar-refractivity contribution in [1.82, 2.24) is 0 Å². The van der Waals surface area contributed by atoms with Crippen LogP contribution in [0, 0.1) is 11.3 Å². The second kappa shape index (κ2) is 3.89. The highest BCUT2D eigenvalue weighted by Gasteiger charge is 2.41. The zero-order valence-electron chi connectivity index (χ0n) is 9.17. The number of nitrogens with two attached hydrogens (primary N) is 1. The van der Waals surface area contributed by atoms with E-state index in [0.29, 0.717) is 11.3 Å². The van der Waals surface area contributed by atoms with Gasteiger partial charge in [-0.05, 0) is 11.4 Å². The number of nitrogens with zero attached hydrogens (tertiary/aromatic N) is 1. The fraction of sp³-hybridized carbons (Fsp3) is 0.167. The fourth-order valence-electron chi connectivity index (χ4n) is 2.10. The molecule has 18 heavy (non-hydrogen) atoms. The van der Waals surface area contributed by atoms with E-state index in [1.807, 2.05) is 23.6 Å². The standard InChI is InChI=1S/C12H8N2O3S/c13-4-6-9(8-2-1-3-18-8)10-7(17-11(6)14)5-16-12(10)15/h1-3,9H,5,14H2. The van der Waals surface area contributed by atoms with Crippen LogP contribution in [0.1, 0.15) is 10.8 Å². The maximum atomic E-state index is 11.8. The van der Waals surface area contributed by atoms with Crippen LogP contribution < -0.4 is 5.73 Å². The molecule has 0 amide bonds. The van der Waals surface area contributed by atoms with E-state index in [4.69, 9.17) is 15.2 Å². The molecule has 3 heterocycles. The summed E-state index contributed by atoms with van der Waals surface area (Å²) in [7, 11) is 0. The van der Waals surface area contributed by atoms with Gasteiger partial charge in [-0.2, -0.15) is 5.26 Å². The smallest absolute Gasteiger partial charge is 0.339 e. The highest BCUT2D eigenvalue weighted by molar-refractivity contribution is 7.10. The summed E-state index contributed by atoms with van der Waals surface area (Å²) in [4.78, 5) is 12.6. The lowest BCUT2D eigenvalue weighted by Gasteiger charge is -2.21. The number of cyclic esters (lactones) is 1. The van der Waals surface area contributed by atoms with Crippen molar-refractivity contribution < 1.29 is 14.3 Å². The van der Waals surface area contributed by atoms with Gasteiger partial charge in [0.1, 0.15) is 18.2 Å². The summed E-state index contributed by atoms with van der Waals surface area (Å²) in [6.07, 6.45) is 0. The van der Waals surface area contributed by atoms with E-state index < -0.39 is 11.9 Å². The predicted molar refractivity (Wildman–Crippen MR) is 63.0 cm³/mol. The van der Waals surface area contributed by atoms with Gasteiger partial charge in [0.15, 0.2) is 5.76 Å². The van der Waals surface area contributed by atoms with Crippen LogP contribution in [0.15, 0.2) is 40.3 Å². The Bertz CT molecular complexity index is 622. The molecule has 1 atom stereocenters. The Balaban J connectivity index is 2.18. The number of esters is 1. The number of thiophene rings is 1.